The largest absolute Gasteiger partial charge is 0.382 e. The summed E-state index contributed by atoms with van der Waals surface area (Å²) in [6.45, 7) is 0. The van der Waals surface area contributed by atoms with Gasteiger partial charge in [0.2, 0.25) is 0 Å². The normalized spacial score (nSPS) is 9.64. The summed E-state index contributed by atoms with van der Waals surface area (Å²) in [5.41, 5.74) is 5.71. The third kappa shape index (κ3) is 1.38. The van der Waals surface area contributed by atoms with Gasteiger partial charge in [0.1, 0.15) is 11.9 Å². The highest BCUT2D eigenvalue weighted by Gasteiger charge is 2.00. The van der Waals surface area contributed by atoms with Gasteiger partial charge >= 0.3 is 0 Å². The van der Waals surface area contributed by atoms with Crippen LogP contribution < -0.4 is 5.73 Å². The van der Waals surface area contributed by atoms with Crippen molar-refractivity contribution in [3.8, 4) is 11.9 Å². The monoisotopic (exact) mass is 186 g/mol. The number of nitrogens with zero attached hydrogens (tertiary/aromatic N) is 5. The maximum atomic E-state index is 8.51. The Balaban J connectivity index is 2.39. The molecule has 0 bridgehead atoms. The average molecular weight is 186 g/mol. The molecule has 2 aromatic heterocycles. The molecule has 0 aromatic carbocycles. The maximum absolute atomic E-state index is 8.51. The highest BCUT2D eigenvalue weighted by Crippen LogP contribution is 2.03. The van der Waals surface area contributed by atoms with Crippen molar-refractivity contribution in [2.45, 2.75) is 0 Å². The SMILES string of the molecule is N#Cc1cnc(-n2ccc(N)n2)cn1. The van der Waals surface area contributed by atoms with Crippen LogP contribution >= 0.6 is 0 Å². The predicted octanol–water partition coefficient (Wildman–Crippen LogP) is 0.116. The summed E-state index contributed by atoms with van der Waals surface area (Å²) in [7, 11) is 0. The van der Waals surface area contributed by atoms with Gasteiger partial charge in [-0.2, -0.15) is 5.26 Å². The van der Waals surface area contributed by atoms with Gasteiger partial charge in [0.05, 0.1) is 12.4 Å². The van der Waals surface area contributed by atoms with E-state index in [0.717, 1.165) is 0 Å². The Labute approximate surface area is 79.6 Å². The van der Waals surface area contributed by atoms with Crippen LogP contribution in [0.15, 0.2) is 24.7 Å². The van der Waals surface area contributed by atoms with Gasteiger partial charge in [0.15, 0.2) is 11.5 Å². The van der Waals surface area contributed by atoms with Crippen LogP contribution in [0.5, 0.6) is 0 Å². The van der Waals surface area contributed by atoms with E-state index in [1.807, 2.05) is 6.07 Å². The van der Waals surface area contributed by atoms with Gasteiger partial charge in [0.25, 0.3) is 0 Å². The molecule has 6 heteroatoms. The summed E-state index contributed by atoms with van der Waals surface area (Å²) in [6, 6.07) is 3.54. The van der Waals surface area contributed by atoms with Crippen molar-refractivity contribution in [1.29, 1.82) is 5.26 Å². The second-order valence-electron chi connectivity index (χ2n) is 2.56. The van der Waals surface area contributed by atoms with E-state index in [0.29, 0.717) is 11.6 Å². The van der Waals surface area contributed by atoms with E-state index < -0.39 is 0 Å². The minimum absolute atomic E-state index is 0.272. The highest BCUT2D eigenvalue weighted by molar-refractivity contribution is 5.29. The molecule has 0 aliphatic heterocycles. The fourth-order valence-electron chi connectivity index (χ4n) is 0.963. The van der Waals surface area contributed by atoms with Crippen LogP contribution in [0.25, 0.3) is 5.82 Å². The first-order chi connectivity index (χ1) is 6.79. The number of rotatable bonds is 1. The van der Waals surface area contributed by atoms with Crippen LogP contribution in [0, 0.1) is 11.3 Å². The molecular weight excluding hydrogens is 180 g/mol. The third-order valence-corrected chi connectivity index (χ3v) is 1.60. The minimum atomic E-state index is 0.272. The number of nitriles is 1. The number of hydrogen-bond donors (Lipinski definition) is 1. The van der Waals surface area contributed by atoms with Crippen molar-refractivity contribution in [2.75, 3.05) is 5.73 Å². The second-order valence-corrected chi connectivity index (χ2v) is 2.56. The molecule has 0 saturated heterocycles. The van der Waals surface area contributed by atoms with Crippen molar-refractivity contribution in [3.63, 3.8) is 0 Å². The Morgan fingerprint density at radius 2 is 2.21 bits per heavy atom. The quantitative estimate of drug-likeness (QED) is 0.682. The van der Waals surface area contributed by atoms with E-state index in [4.69, 9.17) is 11.0 Å². The molecule has 14 heavy (non-hydrogen) atoms. The standard InChI is InChI=1S/C8H6N6/c9-3-6-4-12-8(5-11-6)14-2-1-7(10)13-14/h1-2,4-5H,(H2,10,13). The zero-order chi connectivity index (χ0) is 9.97. The van der Waals surface area contributed by atoms with Crippen LogP contribution in [0.1, 0.15) is 5.69 Å². The van der Waals surface area contributed by atoms with Crippen LogP contribution in [0.4, 0.5) is 5.82 Å². The molecule has 0 aliphatic rings. The molecule has 68 valence electrons. The van der Waals surface area contributed by atoms with E-state index in [2.05, 4.69) is 15.1 Å². The molecule has 2 N–H and O–H groups in total. The zero-order valence-electron chi connectivity index (χ0n) is 7.12. The number of hydrogen-bond acceptors (Lipinski definition) is 5. The van der Waals surface area contributed by atoms with Gasteiger partial charge in [0, 0.05) is 12.3 Å². The van der Waals surface area contributed by atoms with E-state index in [9.17, 15) is 0 Å². The van der Waals surface area contributed by atoms with Crippen molar-refractivity contribution in [1.82, 2.24) is 19.7 Å². The highest BCUT2D eigenvalue weighted by atomic mass is 15.3. The Kier molecular flexibility index (Phi) is 1.84. The van der Waals surface area contributed by atoms with Gasteiger partial charge < -0.3 is 5.73 Å². The molecule has 0 radical (unpaired) electrons. The lowest BCUT2D eigenvalue weighted by Gasteiger charge is -1.97. The molecule has 2 heterocycles. The lowest BCUT2D eigenvalue weighted by Crippen LogP contribution is -2.00. The fraction of sp³-hybridized carbons (Fsp3) is 0. The van der Waals surface area contributed by atoms with Gasteiger partial charge in [-0.25, -0.2) is 14.6 Å². The summed E-state index contributed by atoms with van der Waals surface area (Å²) in [5, 5.41) is 12.5. The van der Waals surface area contributed by atoms with Gasteiger partial charge in [-0.3, -0.25) is 0 Å². The molecule has 2 aromatic rings. The molecule has 6 nitrogen and oxygen atoms in total. The van der Waals surface area contributed by atoms with Crippen molar-refractivity contribution >= 4 is 5.82 Å². The van der Waals surface area contributed by atoms with E-state index >= 15 is 0 Å². The first-order valence-electron chi connectivity index (χ1n) is 3.83. The topological polar surface area (TPSA) is 93.4 Å². The van der Waals surface area contributed by atoms with Crippen LogP contribution in [0.2, 0.25) is 0 Å². The van der Waals surface area contributed by atoms with E-state index in [1.54, 1.807) is 12.3 Å². The molecule has 0 aliphatic carbocycles. The van der Waals surface area contributed by atoms with E-state index in [-0.39, 0.29) is 5.69 Å². The summed E-state index contributed by atoms with van der Waals surface area (Å²) in [4.78, 5) is 7.85. The third-order valence-electron chi connectivity index (χ3n) is 1.60. The molecule has 0 atom stereocenters. The first kappa shape index (κ1) is 8.19. The molecule has 0 spiro atoms. The Hall–Kier alpha value is -2.42. The first-order valence-corrected chi connectivity index (χ1v) is 3.83. The maximum Gasteiger partial charge on any atom is 0.171 e. The molecule has 2 rings (SSSR count). The summed E-state index contributed by atoms with van der Waals surface area (Å²) < 4.78 is 1.49. The summed E-state index contributed by atoms with van der Waals surface area (Å²) in [6.07, 6.45) is 4.52. The average Bonchev–Trinajstić information content (AvgIpc) is 2.65. The van der Waals surface area contributed by atoms with Crippen molar-refractivity contribution < 1.29 is 0 Å². The Bertz CT molecular complexity index is 477. The number of nitrogen functional groups attached to an aromatic ring is 1. The Morgan fingerprint density at radius 3 is 2.71 bits per heavy atom. The molecular formula is C8H6N6. The van der Waals surface area contributed by atoms with Crippen LogP contribution in [-0.2, 0) is 0 Å². The lowest BCUT2D eigenvalue weighted by molar-refractivity contribution is 0.840. The van der Waals surface area contributed by atoms with Gasteiger partial charge in [-0.05, 0) is 0 Å². The second kappa shape index (κ2) is 3.14. The smallest absolute Gasteiger partial charge is 0.171 e. The number of anilines is 1. The fourth-order valence-corrected chi connectivity index (χ4v) is 0.963. The predicted molar refractivity (Wildman–Crippen MR) is 48.3 cm³/mol. The van der Waals surface area contributed by atoms with E-state index in [1.165, 1.54) is 17.1 Å². The molecule has 0 amide bonds. The van der Waals surface area contributed by atoms with Crippen molar-refractivity contribution in [2.24, 2.45) is 0 Å². The van der Waals surface area contributed by atoms with Crippen LogP contribution in [0.3, 0.4) is 0 Å². The number of nitrogens with two attached hydrogens (primary N) is 1. The molecule has 0 unspecified atom stereocenters. The van der Waals surface area contributed by atoms with Crippen LogP contribution in [-0.4, -0.2) is 19.7 Å². The number of aromatic nitrogens is 4. The lowest BCUT2D eigenvalue weighted by atomic mass is 10.5. The minimum Gasteiger partial charge on any atom is -0.382 e. The van der Waals surface area contributed by atoms with Gasteiger partial charge in [-0.1, -0.05) is 0 Å². The molecule has 0 fully saturated rings. The molecule has 0 saturated carbocycles. The van der Waals surface area contributed by atoms with Crippen molar-refractivity contribution in [3.05, 3.63) is 30.4 Å². The summed E-state index contributed by atoms with van der Waals surface area (Å²) in [5.74, 6) is 0.942. The van der Waals surface area contributed by atoms with Gasteiger partial charge in [-0.15, -0.1) is 5.10 Å². The Morgan fingerprint density at radius 1 is 1.36 bits per heavy atom. The zero-order valence-corrected chi connectivity index (χ0v) is 7.12. The summed E-state index contributed by atoms with van der Waals surface area (Å²) >= 11 is 0.